The zero-order valence-electron chi connectivity index (χ0n) is 13.8. The molecule has 0 unspecified atom stereocenters. The minimum atomic E-state index is -0.436. The molecule has 0 bridgehead atoms. The van der Waals surface area contributed by atoms with Crippen LogP contribution < -0.4 is 5.06 Å². The summed E-state index contributed by atoms with van der Waals surface area (Å²) >= 11 is 0. The van der Waals surface area contributed by atoms with Gasteiger partial charge in [0.05, 0.1) is 5.69 Å². The molecule has 0 heterocycles. The summed E-state index contributed by atoms with van der Waals surface area (Å²) in [7, 11) is 0. The normalized spacial score (nSPS) is 11.5. The second-order valence-corrected chi connectivity index (χ2v) is 5.47. The first kappa shape index (κ1) is 16.7. The van der Waals surface area contributed by atoms with E-state index in [1.807, 2.05) is 78.9 Å². The van der Waals surface area contributed by atoms with Gasteiger partial charge in [-0.25, -0.2) is 0 Å². The molecule has 1 amide bonds. The van der Waals surface area contributed by atoms with Crippen molar-refractivity contribution in [3.8, 4) is 0 Å². The Morgan fingerprint density at radius 2 is 1.36 bits per heavy atom. The number of amides is 1. The topological polar surface area (TPSA) is 29.5 Å². The van der Waals surface area contributed by atoms with Crippen molar-refractivity contribution in [1.29, 1.82) is 0 Å². The van der Waals surface area contributed by atoms with Crippen molar-refractivity contribution in [1.82, 2.24) is 0 Å². The molecule has 0 spiro atoms. The highest BCUT2D eigenvalue weighted by Crippen LogP contribution is 2.25. The Kier molecular flexibility index (Phi) is 5.39. The van der Waals surface area contributed by atoms with Gasteiger partial charge in [-0.2, -0.15) is 5.06 Å². The van der Waals surface area contributed by atoms with E-state index in [0.29, 0.717) is 11.3 Å². The Balaban J connectivity index is 1.94. The van der Waals surface area contributed by atoms with Gasteiger partial charge in [0.1, 0.15) is 6.10 Å². The van der Waals surface area contributed by atoms with E-state index in [9.17, 15) is 4.79 Å². The average Bonchev–Trinajstić information content (AvgIpc) is 2.70. The number of para-hydroxylation sites is 1. The van der Waals surface area contributed by atoms with Gasteiger partial charge in [-0.3, -0.25) is 9.63 Å². The highest BCUT2D eigenvalue weighted by atomic mass is 16.7. The van der Waals surface area contributed by atoms with Gasteiger partial charge in [-0.15, -0.1) is 6.58 Å². The zero-order chi connectivity index (χ0) is 17.5. The fourth-order valence-electron chi connectivity index (χ4n) is 2.48. The number of benzene rings is 3. The molecule has 0 aliphatic heterocycles. The summed E-state index contributed by atoms with van der Waals surface area (Å²) in [6.07, 6.45) is 1.25. The molecular weight excluding hydrogens is 310 g/mol. The van der Waals surface area contributed by atoms with Crippen molar-refractivity contribution in [3.63, 3.8) is 0 Å². The second kappa shape index (κ2) is 8.08. The lowest BCUT2D eigenvalue weighted by atomic mass is 10.1. The molecule has 0 N–H and O–H groups in total. The number of rotatable bonds is 6. The van der Waals surface area contributed by atoms with E-state index in [1.54, 1.807) is 18.2 Å². The number of nitrogens with zero attached hydrogens (tertiary/aromatic N) is 1. The molecule has 0 saturated heterocycles. The van der Waals surface area contributed by atoms with Crippen molar-refractivity contribution in [2.45, 2.75) is 6.10 Å². The SMILES string of the molecule is C=C[C@@H](ON(C(=O)c1ccccc1)c1ccccc1)c1ccccc1. The van der Waals surface area contributed by atoms with Gasteiger partial charge in [0.2, 0.25) is 0 Å². The molecule has 0 fully saturated rings. The van der Waals surface area contributed by atoms with Crippen molar-refractivity contribution in [2.24, 2.45) is 0 Å². The Morgan fingerprint density at radius 1 is 0.840 bits per heavy atom. The predicted octanol–water partition coefficient (Wildman–Crippen LogP) is 5.19. The molecule has 0 aromatic heterocycles. The molecular formula is C22H19NO2. The van der Waals surface area contributed by atoms with Crippen LogP contribution in [0.15, 0.2) is 104 Å². The maximum atomic E-state index is 13.0. The fraction of sp³-hybridized carbons (Fsp3) is 0.0455. The van der Waals surface area contributed by atoms with Gasteiger partial charge in [0.15, 0.2) is 0 Å². The van der Waals surface area contributed by atoms with Gasteiger partial charge >= 0.3 is 0 Å². The molecule has 3 aromatic rings. The number of carbonyl (C=O) groups excluding carboxylic acids is 1. The molecule has 0 aliphatic rings. The van der Waals surface area contributed by atoms with E-state index in [1.165, 1.54) is 5.06 Å². The summed E-state index contributed by atoms with van der Waals surface area (Å²) in [5.41, 5.74) is 2.15. The van der Waals surface area contributed by atoms with Gasteiger partial charge in [-0.05, 0) is 29.8 Å². The number of hydroxylamine groups is 1. The van der Waals surface area contributed by atoms with E-state index in [4.69, 9.17) is 4.84 Å². The summed E-state index contributed by atoms with van der Waals surface area (Å²) in [6.45, 7) is 3.85. The van der Waals surface area contributed by atoms with Crippen LogP contribution in [-0.4, -0.2) is 5.91 Å². The molecule has 0 saturated carbocycles. The van der Waals surface area contributed by atoms with Gasteiger partial charge < -0.3 is 0 Å². The van der Waals surface area contributed by atoms with Crippen LogP contribution in [0.25, 0.3) is 0 Å². The van der Waals surface area contributed by atoms with Gasteiger partial charge in [0.25, 0.3) is 5.91 Å². The third kappa shape index (κ3) is 4.03. The molecule has 3 heteroatoms. The Labute approximate surface area is 147 Å². The minimum Gasteiger partial charge on any atom is -0.266 e. The third-order valence-corrected chi connectivity index (χ3v) is 3.76. The standard InChI is InChI=1S/C22H19NO2/c1-2-21(18-12-6-3-7-13-18)25-23(20-16-10-5-11-17-20)22(24)19-14-8-4-9-15-19/h2-17,21H,1H2/t21-/m1/s1. The lowest BCUT2D eigenvalue weighted by Gasteiger charge is -2.26. The number of anilines is 1. The molecule has 0 radical (unpaired) electrons. The molecule has 3 nitrogen and oxygen atoms in total. The summed E-state index contributed by atoms with van der Waals surface area (Å²) in [5.74, 6) is -0.227. The maximum Gasteiger partial charge on any atom is 0.282 e. The van der Waals surface area contributed by atoms with Crippen LogP contribution in [0.5, 0.6) is 0 Å². The van der Waals surface area contributed by atoms with Crippen molar-refractivity contribution < 1.29 is 9.63 Å². The lowest BCUT2D eigenvalue weighted by molar-refractivity contribution is 0.0453. The summed E-state index contributed by atoms with van der Waals surface area (Å²) in [5, 5.41) is 1.33. The second-order valence-electron chi connectivity index (χ2n) is 5.47. The lowest BCUT2D eigenvalue weighted by Crippen LogP contribution is -2.32. The molecule has 3 rings (SSSR count). The molecule has 25 heavy (non-hydrogen) atoms. The summed E-state index contributed by atoms with van der Waals surface area (Å²) in [6, 6.07) is 28.1. The van der Waals surface area contributed by atoms with Crippen LogP contribution in [0.1, 0.15) is 22.0 Å². The van der Waals surface area contributed by atoms with Crippen molar-refractivity contribution in [2.75, 3.05) is 5.06 Å². The molecule has 3 aromatic carbocycles. The molecule has 0 aliphatic carbocycles. The Bertz CT molecular complexity index is 816. The van der Waals surface area contributed by atoms with E-state index in [2.05, 4.69) is 6.58 Å². The van der Waals surface area contributed by atoms with Crippen LogP contribution in [0.3, 0.4) is 0 Å². The molecule has 124 valence electrons. The Morgan fingerprint density at radius 3 is 1.92 bits per heavy atom. The van der Waals surface area contributed by atoms with E-state index in [-0.39, 0.29) is 5.91 Å². The van der Waals surface area contributed by atoms with Crippen LogP contribution in [0.2, 0.25) is 0 Å². The fourth-order valence-corrected chi connectivity index (χ4v) is 2.48. The van der Waals surface area contributed by atoms with Crippen molar-refractivity contribution >= 4 is 11.6 Å². The monoisotopic (exact) mass is 329 g/mol. The maximum absolute atomic E-state index is 13.0. The zero-order valence-corrected chi connectivity index (χ0v) is 13.8. The quantitative estimate of drug-likeness (QED) is 0.460. The Hall–Kier alpha value is -3.17. The predicted molar refractivity (Wildman–Crippen MR) is 100 cm³/mol. The highest BCUT2D eigenvalue weighted by molar-refractivity contribution is 6.04. The first-order valence-corrected chi connectivity index (χ1v) is 8.08. The first-order valence-electron chi connectivity index (χ1n) is 8.08. The van der Waals surface area contributed by atoms with Gasteiger partial charge in [-0.1, -0.05) is 72.8 Å². The van der Waals surface area contributed by atoms with Crippen LogP contribution >= 0.6 is 0 Å². The average molecular weight is 329 g/mol. The number of hydrogen-bond donors (Lipinski definition) is 0. The van der Waals surface area contributed by atoms with E-state index in [0.717, 1.165) is 5.56 Å². The van der Waals surface area contributed by atoms with E-state index < -0.39 is 6.10 Å². The third-order valence-electron chi connectivity index (χ3n) is 3.76. The highest BCUT2D eigenvalue weighted by Gasteiger charge is 2.22. The van der Waals surface area contributed by atoms with Gasteiger partial charge in [0, 0.05) is 5.56 Å². The smallest absolute Gasteiger partial charge is 0.266 e. The summed E-state index contributed by atoms with van der Waals surface area (Å²) in [4.78, 5) is 19.0. The number of hydrogen-bond acceptors (Lipinski definition) is 2. The summed E-state index contributed by atoms with van der Waals surface area (Å²) < 4.78 is 0. The van der Waals surface area contributed by atoms with Crippen LogP contribution in [0.4, 0.5) is 5.69 Å². The van der Waals surface area contributed by atoms with Crippen LogP contribution in [-0.2, 0) is 4.84 Å². The van der Waals surface area contributed by atoms with Crippen LogP contribution in [0, 0.1) is 0 Å². The number of carbonyl (C=O) groups is 1. The van der Waals surface area contributed by atoms with Crippen molar-refractivity contribution in [3.05, 3.63) is 115 Å². The van der Waals surface area contributed by atoms with E-state index >= 15 is 0 Å². The first-order chi connectivity index (χ1) is 12.3. The largest absolute Gasteiger partial charge is 0.282 e. The molecule has 1 atom stereocenters. The minimum absolute atomic E-state index is 0.227.